The van der Waals surface area contributed by atoms with Crippen LogP contribution in [0.25, 0.3) is 16.9 Å². The van der Waals surface area contributed by atoms with Crippen molar-refractivity contribution >= 4 is 23.2 Å². The highest BCUT2D eigenvalue weighted by Crippen LogP contribution is 2.48. The molecule has 0 unspecified atom stereocenters. The van der Waals surface area contributed by atoms with Gasteiger partial charge in [0, 0.05) is 42.2 Å². The maximum atomic E-state index is 6.13. The number of pyridine rings is 1. The summed E-state index contributed by atoms with van der Waals surface area (Å²) in [7, 11) is 0. The fourth-order valence-electron chi connectivity index (χ4n) is 4.93. The number of benzene rings is 1. The predicted octanol–water partition coefficient (Wildman–Crippen LogP) is 4.90. The largest absolute Gasteiger partial charge is 0.381 e. The first-order chi connectivity index (χ1) is 16.2. The first-order valence-corrected chi connectivity index (χ1v) is 11.9. The topological polar surface area (TPSA) is 77.2 Å². The molecular weight excluding hydrogens is 436 g/mol. The van der Waals surface area contributed by atoms with Gasteiger partial charge in [-0.3, -0.25) is 4.40 Å². The number of ether oxygens (including phenoxy) is 1. The van der Waals surface area contributed by atoms with Crippen molar-refractivity contribution < 1.29 is 4.74 Å². The first-order valence-electron chi connectivity index (χ1n) is 11.5. The Kier molecular flexibility index (Phi) is 5.23. The molecule has 0 amide bonds. The number of rotatable bonds is 5. The molecule has 1 saturated heterocycles. The molecule has 0 radical (unpaired) electrons. The number of aromatic nitrogens is 5. The van der Waals surface area contributed by atoms with Gasteiger partial charge in [0.1, 0.15) is 5.82 Å². The second kappa shape index (κ2) is 8.39. The van der Waals surface area contributed by atoms with Gasteiger partial charge in [-0.1, -0.05) is 30.2 Å². The van der Waals surface area contributed by atoms with Crippen molar-refractivity contribution in [2.75, 3.05) is 18.5 Å². The molecule has 7 nitrogen and oxygen atoms in total. The first kappa shape index (κ1) is 20.6. The van der Waals surface area contributed by atoms with E-state index in [0.29, 0.717) is 12.0 Å². The monoisotopic (exact) mass is 460 g/mol. The molecule has 168 valence electrons. The third-order valence-corrected chi connectivity index (χ3v) is 7.20. The molecule has 2 aliphatic rings. The Balaban J connectivity index is 1.31. The average molecular weight is 461 g/mol. The van der Waals surface area contributed by atoms with Crippen LogP contribution in [0.5, 0.6) is 0 Å². The summed E-state index contributed by atoms with van der Waals surface area (Å²) < 4.78 is 7.55. The highest BCUT2D eigenvalue weighted by molar-refractivity contribution is 6.30. The summed E-state index contributed by atoms with van der Waals surface area (Å²) in [4.78, 5) is 9.16. The van der Waals surface area contributed by atoms with E-state index in [-0.39, 0.29) is 5.41 Å². The van der Waals surface area contributed by atoms with Crippen LogP contribution in [-0.4, -0.2) is 43.8 Å². The quantitative estimate of drug-likeness (QED) is 0.456. The van der Waals surface area contributed by atoms with Gasteiger partial charge in [-0.25, -0.2) is 9.97 Å². The van der Waals surface area contributed by atoms with Crippen LogP contribution in [0.4, 0.5) is 5.95 Å². The maximum Gasteiger partial charge on any atom is 0.223 e. The van der Waals surface area contributed by atoms with Crippen LogP contribution in [0.1, 0.15) is 43.5 Å². The lowest BCUT2D eigenvalue weighted by molar-refractivity contribution is 0.0903. The standard InChI is InChI=1S/C25H25ClN6O/c26-19-4-2-18(3-5-19)25(10-1-11-25)23-31-30-22-16-17(7-13-32(22)23)21-6-12-27-24(29-21)28-20-8-14-33-15-9-20/h2-7,12-13,16,20H,1,8-11,14-15H2,(H,27,28,29). The molecule has 0 spiro atoms. The highest BCUT2D eigenvalue weighted by Gasteiger charge is 2.44. The van der Waals surface area contributed by atoms with E-state index < -0.39 is 0 Å². The second-order valence-electron chi connectivity index (χ2n) is 8.91. The Morgan fingerprint density at radius 3 is 2.61 bits per heavy atom. The van der Waals surface area contributed by atoms with Crippen LogP contribution in [0.2, 0.25) is 5.02 Å². The molecule has 1 aromatic carbocycles. The molecule has 0 atom stereocenters. The van der Waals surface area contributed by atoms with Crippen molar-refractivity contribution in [3.63, 3.8) is 0 Å². The van der Waals surface area contributed by atoms with Crippen LogP contribution in [0.3, 0.4) is 0 Å². The summed E-state index contributed by atoms with van der Waals surface area (Å²) in [5.74, 6) is 1.64. The van der Waals surface area contributed by atoms with Crippen LogP contribution in [0, 0.1) is 0 Å². The highest BCUT2D eigenvalue weighted by atomic mass is 35.5. The number of nitrogens with zero attached hydrogens (tertiary/aromatic N) is 5. The van der Waals surface area contributed by atoms with E-state index in [9.17, 15) is 0 Å². The molecule has 1 N–H and O–H groups in total. The molecule has 4 aromatic rings. The van der Waals surface area contributed by atoms with E-state index >= 15 is 0 Å². The summed E-state index contributed by atoms with van der Waals surface area (Å²) in [6, 6.07) is 14.6. The molecule has 8 heteroatoms. The fraction of sp³-hybridized carbons (Fsp3) is 0.360. The van der Waals surface area contributed by atoms with Gasteiger partial charge in [0.15, 0.2) is 5.65 Å². The SMILES string of the molecule is Clc1ccc(C2(c3nnc4cc(-c5ccnc(NC6CCOCC6)n5)ccn34)CCC2)cc1. The van der Waals surface area contributed by atoms with E-state index in [0.717, 1.165) is 66.6 Å². The van der Waals surface area contributed by atoms with E-state index in [1.54, 1.807) is 6.20 Å². The smallest absolute Gasteiger partial charge is 0.223 e. The summed E-state index contributed by atoms with van der Waals surface area (Å²) in [5.41, 5.74) is 3.81. The van der Waals surface area contributed by atoms with E-state index in [1.807, 2.05) is 24.3 Å². The summed E-state index contributed by atoms with van der Waals surface area (Å²) >= 11 is 6.13. The zero-order chi connectivity index (χ0) is 22.3. The molecule has 3 aromatic heterocycles. The Labute approximate surface area is 197 Å². The van der Waals surface area contributed by atoms with Crippen LogP contribution >= 0.6 is 11.6 Å². The maximum absolute atomic E-state index is 6.13. The van der Waals surface area contributed by atoms with Crippen molar-refractivity contribution in [2.45, 2.75) is 43.6 Å². The number of fused-ring (bicyclic) bond motifs is 1. The normalized spacial score (nSPS) is 18.2. The van der Waals surface area contributed by atoms with Gasteiger partial charge in [-0.15, -0.1) is 10.2 Å². The lowest BCUT2D eigenvalue weighted by atomic mass is 9.64. The molecule has 6 rings (SSSR count). The minimum atomic E-state index is -0.110. The number of halogens is 1. The van der Waals surface area contributed by atoms with Crippen LogP contribution < -0.4 is 5.32 Å². The van der Waals surface area contributed by atoms with Crippen LogP contribution in [-0.2, 0) is 10.2 Å². The Morgan fingerprint density at radius 1 is 1.03 bits per heavy atom. The summed E-state index contributed by atoms with van der Waals surface area (Å²) in [6.45, 7) is 1.56. The Morgan fingerprint density at radius 2 is 1.85 bits per heavy atom. The molecule has 1 aliphatic carbocycles. The van der Waals surface area contributed by atoms with Crippen LogP contribution in [0.15, 0.2) is 54.9 Å². The van der Waals surface area contributed by atoms with E-state index in [4.69, 9.17) is 21.3 Å². The number of anilines is 1. The average Bonchev–Trinajstić information content (AvgIpc) is 3.24. The number of nitrogens with one attached hydrogen (secondary N) is 1. The lowest BCUT2D eigenvalue weighted by Gasteiger charge is -2.40. The molecule has 4 heterocycles. The Bertz CT molecular complexity index is 1280. The minimum absolute atomic E-state index is 0.110. The van der Waals surface area contributed by atoms with Crippen molar-refractivity contribution in [3.8, 4) is 11.3 Å². The van der Waals surface area contributed by atoms with Crippen molar-refractivity contribution in [3.05, 3.63) is 71.3 Å². The third kappa shape index (κ3) is 3.75. The minimum Gasteiger partial charge on any atom is -0.381 e. The third-order valence-electron chi connectivity index (χ3n) is 6.95. The van der Waals surface area contributed by atoms with Crippen molar-refractivity contribution in [1.82, 2.24) is 24.6 Å². The van der Waals surface area contributed by atoms with E-state index in [2.05, 4.69) is 49.3 Å². The van der Waals surface area contributed by atoms with Gasteiger partial charge in [-0.05, 0) is 61.6 Å². The van der Waals surface area contributed by atoms with Gasteiger partial charge in [0.2, 0.25) is 5.95 Å². The predicted molar refractivity (Wildman–Crippen MR) is 128 cm³/mol. The molecule has 1 saturated carbocycles. The lowest BCUT2D eigenvalue weighted by Crippen LogP contribution is -2.37. The number of hydrogen-bond acceptors (Lipinski definition) is 6. The molecule has 1 aliphatic heterocycles. The Hall–Kier alpha value is -3.03. The summed E-state index contributed by atoms with van der Waals surface area (Å²) in [6.07, 6.45) is 9.10. The van der Waals surface area contributed by atoms with Crippen molar-refractivity contribution in [1.29, 1.82) is 0 Å². The summed E-state index contributed by atoms with van der Waals surface area (Å²) in [5, 5.41) is 13.4. The molecule has 33 heavy (non-hydrogen) atoms. The molecule has 0 bridgehead atoms. The van der Waals surface area contributed by atoms with Gasteiger partial charge in [-0.2, -0.15) is 0 Å². The van der Waals surface area contributed by atoms with Gasteiger partial charge >= 0.3 is 0 Å². The molecule has 2 fully saturated rings. The van der Waals surface area contributed by atoms with Gasteiger partial charge in [0.25, 0.3) is 0 Å². The number of hydrogen-bond donors (Lipinski definition) is 1. The fourth-order valence-corrected chi connectivity index (χ4v) is 5.06. The van der Waals surface area contributed by atoms with Crippen molar-refractivity contribution in [2.24, 2.45) is 0 Å². The molecular formula is C25H25ClN6O. The zero-order valence-corrected chi connectivity index (χ0v) is 19.0. The van der Waals surface area contributed by atoms with Gasteiger partial charge in [0.05, 0.1) is 11.1 Å². The zero-order valence-electron chi connectivity index (χ0n) is 18.2. The second-order valence-corrected chi connectivity index (χ2v) is 9.34. The van der Waals surface area contributed by atoms with E-state index in [1.165, 1.54) is 12.0 Å². The van der Waals surface area contributed by atoms with Gasteiger partial charge < -0.3 is 10.1 Å².